The molecule has 1 atom stereocenters. The van der Waals surface area contributed by atoms with E-state index in [0.29, 0.717) is 19.0 Å². The van der Waals surface area contributed by atoms with Gasteiger partial charge in [0.15, 0.2) is 11.8 Å². The lowest BCUT2D eigenvalue weighted by Crippen LogP contribution is -2.37. The molecule has 0 spiro atoms. The lowest BCUT2D eigenvalue weighted by atomic mass is 10.2. The van der Waals surface area contributed by atoms with E-state index in [1.165, 1.54) is 0 Å². The predicted octanol–water partition coefficient (Wildman–Crippen LogP) is 1.47. The Kier molecular flexibility index (Phi) is 6.78. The second-order valence-electron chi connectivity index (χ2n) is 5.17. The molecule has 1 aliphatic rings. The molecule has 124 valence electrons. The molecule has 0 bridgehead atoms. The van der Waals surface area contributed by atoms with Crippen molar-refractivity contribution in [3.05, 3.63) is 42.5 Å². The monoisotopic (exact) mass is 428 g/mol. The fourth-order valence-corrected chi connectivity index (χ4v) is 2.41. The highest BCUT2D eigenvalue weighted by Gasteiger charge is 2.15. The van der Waals surface area contributed by atoms with Gasteiger partial charge < -0.3 is 15.8 Å². The summed E-state index contributed by atoms with van der Waals surface area (Å²) >= 11 is 0. The summed E-state index contributed by atoms with van der Waals surface area (Å²) in [5, 5.41) is 11.1. The van der Waals surface area contributed by atoms with Gasteiger partial charge in [0.1, 0.15) is 12.9 Å². The van der Waals surface area contributed by atoms with Crippen LogP contribution in [0.25, 0.3) is 5.69 Å². The molecular weight excluding hydrogens is 407 g/mol. The highest BCUT2D eigenvalue weighted by Crippen LogP contribution is 2.11. The van der Waals surface area contributed by atoms with E-state index in [2.05, 4.69) is 20.5 Å². The molecule has 7 nitrogen and oxygen atoms in total. The second kappa shape index (κ2) is 8.82. The third-order valence-electron chi connectivity index (χ3n) is 3.58. The molecule has 0 amide bonds. The summed E-state index contributed by atoms with van der Waals surface area (Å²) in [6.07, 6.45) is 4.10. The Balaban J connectivity index is 0.00000192. The van der Waals surface area contributed by atoms with Gasteiger partial charge in [-0.1, -0.05) is 18.2 Å². The third kappa shape index (κ3) is 4.90. The number of nitrogens with two attached hydrogens (primary N) is 1. The molecule has 3 rings (SSSR count). The van der Waals surface area contributed by atoms with Crippen molar-refractivity contribution in [3.8, 4) is 5.69 Å². The summed E-state index contributed by atoms with van der Waals surface area (Å²) < 4.78 is 7.43. The van der Waals surface area contributed by atoms with Crippen molar-refractivity contribution in [2.75, 3.05) is 13.2 Å². The fourth-order valence-electron chi connectivity index (χ4n) is 2.41. The van der Waals surface area contributed by atoms with Crippen molar-refractivity contribution >= 4 is 29.9 Å². The average molecular weight is 428 g/mol. The van der Waals surface area contributed by atoms with Crippen molar-refractivity contribution in [3.63, 3.8) is 0 Å². The Labute approximate surface area is 152 Å². The van der Waals surface area contributed by atoms with Gasteiger partial charge in [-0.05, 0) is 25.0 Å². The number of hydrogen-bond acceptors (Lipinski definition) is 4. The molecular formula is C15H21IN6O. The topological polar surface area (TPSA) is 90.4 Å². The van der Waals surface area contributed by atoms with Crippen LogP contribution < -0.4 is 11.1 Å². The largest absolute Gasteiger partial charge is 0.376 e. The highest BCUT2D eigenvalue weighted by atomic mass is 127. The summed E-state index contributed by atoms with van der Waals surface area (Å²) in [5.41, 5.74) is 6.89. The number of ether oxygens (including phenoxy) is 1. The lowest BCUT2D eigenvalue weighted by molar-refractivity contribution is 0.114. The summed E-state index contributed by atoms with van der Waals surface area (Å²) in [6.45, 7) is 1.91. The Hall–Kier alpha value is -1.68. The molecule has 8 heteroatoms. The first-order chi connectivity index (χ1) is 10.8. The number of aliphatic imine (C=N–C) groups is 1. The summed E-state index contributed by atoms with van der Waals surface area (Å²) in [5.74, 6) is 1.14. The van der Waals surface area contributed by atoms with Gasteiger partial charge >= 0.3 is 0 Å². The third-order valence-corrected chi connectivity index (χ3v) is 3.58. The van der Waals surface area contributed by atoms with E-state index in [4.69, 9.17) is 10.5 Å². The van der Waals surface area contributed by atoms with Gasteiger partial charge in [-0.2, -0.15) is 0 Å². The van der Waals surface area contributed by atoms with Crippen LogP contribution in [0.3, 0.4) is 0 Å². The Morgan fingerprint density at radius 1 is 1.39 bits per heavy atom. The van der Waals surface area contributed by atoms with Gasteiger partial charge in [-0.25, -0.2) is 4.99 Å². The van der Waals surface area contributed by atoms with Crippen LogP contribution in [0.15, 0.2) is 41.7 Å². The van der Waals surface area contributed by atoms with E-state index >= 15 is 0 Å². The minimum absolute atomic E-state index is 0. The Morgan fingerprint density at radius 2 is 2.22 bits per heavy atom. The Morgan fingerprint density at radius 3 is 2.96 bits per heavy atom. The van der Waals surface area contributed by atoms with Crippen LogP contribution in [0.4, 0.5) is 0 Å². The standard InChI is InChI=1S/C15H20N6O.HI/c16-15(17-9-13-7-4-8-22-13)18-10-14-20-19-11-21(14)12-5-2-1-3-6-12;/h1-3,5-6,11,13H,4,7-10H2,(H3,16,17,18);1H. The molecule has 0 saturated carbocycles. The zero-order valence-electron chi connectivity index (χ0n) is 12.8. The fraction of sp³-hybridized carbons (Fsp3) is 0.400. The number of benzene rings is 1. The molecule has 1 saturated heterocycles. The average Bonchev–Trinajstić information content (AvgIpc) is 3.23. The van der Waals surface area contributed by atoms with Crippen molar-refractivity contribution in [1.29, 1.82) is 0 Å². The number of hydrogen-bond donors (Lipinski definition) is 2. The van der Waals surface area contributed by atoms with Gasteiger partial charge in [0.05, 0.1) is 6.10 Å². The maximum atomic E-state index is 5.88. The number of nitrogens with zero attached hydrogens (tertiary/aromatic N) is 4. The van der Waals surface area contributed by atoms with E-state index in [-0.39, 0.29) is 30.1 Å². The van der Waals surface area contributed by atoms with Crippen LogP contribution in [0.5, 0.6) is 0 Å². The van der Waals surface area contributed by atoms with Crippen LogP contribution in [-0.4, -0.2) is 40.0 Å². The summed E-state index contributed by atoms with van der Waals surface area (Å²) in [7, 11) is 0. The van der Waals surface area contributed by atoms with E-state index in [0.717, 1.165) is 31.0 Å². The van der Waals surface area contributed by atoms with E-state index in [1.807, 2.05) is 34.9 Å². The predicted molar refractivity (Wildman–Crippen MR) is 99.1 cm³/mol. The maximum Gasteiger partial charge on any atom is 0.189 e. The van der Waals surface area contributed by atoms with E-state index < -0.39 is 0 Å². The molecule has 2 heterocycles. The van der Waals surface area contributed by atoms with E-state index in [1.54, 1.807) is 6.33 Å². The highest BCUT2D eigenvalue weighted by molar-refractivity contribution is 14.0. The van der Waals surface area contributed by atoms with Crippen molar-refractivity contribution in [1.82, 2.24) is 20.1 Å². The summed E-state index contributed by atoms with van der Waals surface area (Å²) in [4.78, 5) is 4.32. The molecule has 1 aliphatic heterocycles. The van der Waals surface area contributed by atoms with Gasteiger partial charge in [0.25, 0.3) is 0 Å². The number of para-hydroxylation sites is 1. The first kappa shape index (κ1) is 17.7. The zero-order chi connectivity index (χ0) is 15.2. The molecule has 3 N–H and O–H groups in total. The molecule has 1 aromatic carbocycles. The van der Waals surface area contributed by atoms with Crippen molar-refractivity contribution in [2.24, 2.45) is 10.7 Å². The quantitative estimate of drug-likeness (QED) is 0.428. The second-order valence-corrected chi connectivity index (χ2v) is 5.17. The molecule has 1 aromatic heterocycles. The maximum absolute atomic E-state index is 5.88. The van der Waals surface area contributed by atoms with Crippen LogP contribution in [0.1, 0.15) is 18.7 Å². The number of aromatic nitrogens is 3. The molecule has 1 unspecified atom stereocenters. The number of rotatable bonds is 5. The first-order valence-corrected chi connectivity index (χ1v) is 7.42. The number of guanidine groups is 1. The van der Waals surface area contributed by atoms with Crippen molar-refractivity contribution in [2.45, 2.75) is 25.5 Å². The molecule has 0 radical (unpaired) electrons. The smallest absolute Gasteiger partial charge is 0.189 e. The van der Waals surface area contributed by atoms with Gasteiger partial charge in [0, 0.05) is 18.8 Å². The molecule has 23 heavy (non-hydrogen) atoms. The Bertz CT molecular complexity index is 624. The van der Waals surface area contributed by atoms with Gasteiger partial charge in [-0.3, -0.25) is 4.57 Å². The molecule has 0 aliphatic carbocycles. The van der Waals surface area contributed by atoms with Crippen molar-refractivity contribution < 1.29 is 4.74 Å². The van der Waals surface area contributed by atoms with E-state index in [9.17, 15) is 0 Å². The van der Waals surface area contributed by atoms with Crippen LogP contribution in [-0.2, 0) is 11.3 Å². The normalized spacial score (nSPS) is 17.7. The zero-order valence-corrected chi connectivity index (χ0v) is 15.1. The van der Waals surface area contributed by atoms with Crippen LogP contribution in [0.2, 0.25) is 0 Å². The van der Waals surface area contributed by atoms with Gasteiger partial charge in [-0.15, -0.1) is 34.2 Å². The molecule has 1 fully saturated rings. The summed E-state index contributed by atoms with van der Waals surface area (Å²) in [6, 6.07) is 9.91. The minimum Gasteiger partial charge on any atom is -0.376 e. The lowest BCUT2D eigenvalue weighted by Gasteiger charge is -2.11. The SMILES string of the molecule is I.NC(=NCc1nncn1-c1ccccc1)NCC1CCCO1. The number of nitrogens with one attached hydrogen (secondary N) is 1. The van der Waals surface area contributed by atoms with Crippen LogP contribution >= 0.6 is 24.0 Å². The van der Waals surface area contributed by atoms with Crippen LogP contribution in [0, 0.1) is 0 Å². The minimum atomic E-state index is 0. The number of halogens is 1. The van der Waals surface area contributed by atoms with Gasteiger partial charge in [0.2, 0.25) is 0 Å². The first-order valence-electron chi connectivity index (χ1n) is 7.42. The molecule has 2 aromatic rings.